The lowest BCUT2D eigenvalue weighted by atomic mass is 10.0. The summed E-state index contributed by atoms with van der Waals surface area (Å²) in [4.78, 5) is 10.9. The Morgan fingerprint density at radius 1 is 1.37 bits per heavy atom. The van der Waals surface area contributed by atoms with Crippen LogP contribution in [0, 0.1) is 11.7 Å². The second kappa shape index (κ2) is 5.56. The summed E-state index contributed by atoms with van der Waals surface area (Å²) < 4.78 is 36.3. The molecule has 0 saturated carbocycles. The predicted octanol–water partition coefficient (Wildman–Crippen LogP) is 1.75. The molecule has 0 unspecified atom stereocenters. The number of anilines is 1. The minimum Gasteiger partial charge on any atom is -0.480 e. The minimum absolute atomic E-state index is 0.0338. The number of benzene rings is 1. The van der Waals surface area contributed by atoms with Crippen molar-refractivity contribution in [3.63, 3.8) is 0 Å². The monoisotopic (exact) mass is 289 g/mol. The van der Waals surface area contributed by atoms with Gasteiger partial charge in [-0.1, -0.05) is 13.8 Å². The minimum atomic E-state index is -3.49. The molecule has 0 saturated heterocycles. The van der Waals surface area contributed by atoms with Gasteiger partial charge in [-0.3, -0.25) is 0 Å². The fourth-order valence-electron chi connectivity index (χ4n) is 1.52. The molecule has 0 radical (unpaired) electrons. The number of rotatable bonds is 5. The zero-order valence-electron chi connectivity index (χ0n) is 10.8. The first kappa shape index (κ1) is 15.4. The summed E-state index contributed by atoms with van der Waals surface area (Å²) in [6.07, 6.45) is 0.975. The van der Waals surface area contributed by atoms with Crippen LogP contribution in [0.15, 0.2) is 23.1 Å². The SMILES string of the molecule is CC(C)[C@H](Nc1ccc(S(C)(=O)=O)cc1F)C(=O)O. The average molecular weight is 289 g/mol. The quantitative estimate of drug-likeness (QED) is 0.862. The number of hydrogen-bond donors (Lipinski definition) is 2. The summed E-state index contributed by atoms with van der Waals surface area (Å²) in [5, 5.41) is 11.6. The van der Waals surface area contributed by atoms with Crippen molar-refractivity contribution in [2.75, 3.05) is 11.6 Å². The molecule has 1 atom stereocenters. The van der Waals surface area contributed by atoms with Crippen LogP contribution < -0.4 is 5.32 Å². The van der Waals surface area contributed by atoms with Gasteiger partial charge in [0.15, 0.2) is 9.84 Å². The second-order valence-electron chi connectivity index (χ2n) is 4.62. The highest BCUT2D eigenvalue weighted by atomic mass is 32.2. The summed E-state index contributed by atoms with van der Waals surface area (Å²) in [7, 11) is -3.49. The van der Waals surface area contributed by atoms with Gasteiger partial charge in [-0.05, 0) is 24.1 Å². The van der Waals surface area contributed by atoms with Crippen molar-refractivity contribution in [3.05, 3.63) is 24.0 Å². The van der Waals surface area contributed by atoms with Crippen molar-refractivity contribution in [1.82, 2.24) is 0 Å². The first-order chi connectivity index (χ1) is 8.62. The Hall–Kier alpha value is -1.63. The summed E-state index contributed by atoms with van der Waals surface area (Å²) in [5.74, 6) is -2.14. The van der Waals surface area contributed by atoms with E-state index in [9.17, 15) is 17.6 Å². The van der Waals surface area contributed by atoms with Crippen LogP contribution in [-0.4, -0.2) is 31.8 Å². The molecule has 2 N–H and O–H groups in total. The lowest BCUT2D eigenvalue weighted by Crippen LogP contribution is -2.34. The van der Waals surface area contributed by atoms with Gasteiger partial charge in [0.05, 0.1) is 10.6 Å². The van der Waals surface area contributed by atoms with E-state index in [1.54, 1.807) is 13.8 Å². The number of aliphatic carboxylic acids is 1. The Labute approximate surface area is 111 Å². The zero-order chi connectivity index (χ0) is 14.8. The van der Waals surface area contributed by atoms with Crippen LogP contribution in [-0.2, 0) is 14.6 Å². The van der Waals surface area contributed by atoms with Crippen molar-refractivity contribution < 1.29 is 22.7 Å². The van der Waals surface area contributed by atoms with Crippen LogP contribution in [0.25, 0.3) is 0 Å². The van der Waals surface area contributed by atoms with E-state index in [0.29, 0.717) is 0 Å². The molecule has 1 rings (SSSR count). The molecule has 1 aromatic rings. The maximum Gasteiger partial charge on any atom is 0.326 e. The standard InChI is InChI=1S/C12H16FNO4S/c1-7(2)11(12(15)16)14-10-5-4-8(6-9(10)13)19(3,17)18/h4-7,11,14H,1-3H3,(H,15,16)/t11-/m0/s1. The third-order valence-electron chi connectivity index (χ3n) is 2.61. The van der Waals surface area contributed by atoms with Crippen LogP contribution in [0.4, 0.5) is 10.1 Å². The summed E-state index contributed by atoms with van der Waals surface area (Å²) in [6.45, 7) is 3.38. The third kappa shape index (κ3) is 3.92. The maximum absolute atomic E-state index is 13.7. The van der Waals surface area contributed by atoms with Crippen LogP contribution in [0.3, 0.4) is 0 Å². The molecule has 0 aromatic heterocycles. The Morgan fingerprint density at radius 3 is 2.32 bits per heavy atom. The lowest BCUT2D eigenvalue weighted by molar-refractivity contribution is -0.138. The maximum atomic E-state index is 13.7. The summed E-state index contributed by atoms with van der Waals surface area (Å²) in [5.41, 5.74) is -0.0338. The number of hydrogen-bond acceptors (Lipinski definition) is 4. The van der Waals surface area contributed by atoms with Gasteiger partial charge in [0.1, 0.15) is 11.9 Å². The number of nitrogens with one attached hydrogen (secondary N) is 1. The van der Waals surface area contributed by atoms with E-state index in [-0.39, 0.29) is 16.5 Å². The van der Waals surface area contributed by atoms with Crippen LogP contribution >= 0.6 is 0 Å². The average Bonchev–Trinajstić information content (AvgIpc) is 2.24. The first-order valence-corrected chi connectivity index (χ1v) is 7.51. The topological polar surface area (TPSA) is 83.5 Å². The van der Waals surface area contributed by atoms with Gasteiger partial charge in [-0.2, -0.15) is 0 Å². The molecule has 106 valence electrons. The molecule has 0 amide bonds. The third-order valence-corrected chi connectivity index (χ3v) is 3.72. The van der Waals surface area contributed by atoms with E-state index in [4.69, 9.17) is 5.11 Å². The van der Waals surface area contributed by atoms with E-state index in [1.165, 1.54) is 12.1 Å². The van der Waals surface area contributed by atoms with Gasteiger partial charge in [-0.25, -0.2) is 17.6 Å². The zero-order valence-corrected chi connectivity index (χ0v) is 11.7. The largest absolute Gasteiger partial charge is 0.480 e. The van der Waals surface area contributed by atoms with Crippen molar-refractivity contribution in [2.24, 2.45) is 5.92 Å². The molecule has 5 nitrogen and oxygen atoms in total. The smallest absolute Gasteiger partial charge is 0.326 e. The van der Waals surface area contributed by atoms with Crippen LogP contribution in [0.5, 0.6) is 0 Å². The summed E-state index contributed by atoms with van der Waals surface area (Å²) >= 11 is 0. The molecule has 0 fully saturated rings. The number of carboxylic acid groups (broad SMARTS) is 1. The molecule has 0 bridgehead atoms. The molecular formula is C12H16FNO4S. The van der Waals surface area contributed by atoms with Crippen molar-refractivity contribution >= 4 is 21.5 Å². The number of carboxylic acids is 1. The van der Waals surface area contributed by atoms with Gasteiger partial charge >= 0.3 is 5.97 Å². The Balaban J connectivity index is 3.07. The highest BCUT2D eigenvalue weighted by Crippen LogP contribution is 2.21. The van der Waals surface area contributed by atoms with E-state index < -0.39 is 27.7 Å². The van der Waals surface area contributed by atoms with Crippen molar-refractivity contribution in [3.8, 4) is 0 Å². The van der Waals surface area contributed by atoms with E-state index in [2.05, 4.69) is 5.32 Å². The Kier molecular flexibility index (Phi) is 4.52. The second-order valence-corrected chi connectivity index (χ2v) is 6.63. The van der Waals surface area contributed by atoms with E-state index in [1.807, 2.05) is 0 Å². The predicted molar refractivity (Wildman–Crippen MR) is 69.4 cm³/mol. The molecule has 0 spiro atoms. The molecule has 0 aliphatic heterocycles. The molecule has 7 heteroatoms. The number of sulfone groups is 1. The van der Waals surface area contributed by atoms with Crippen LogP contribution in [0.2, 0.25) is 0 Å². The van der Waals surface area contributed by atoms with E-state index >= 15 is 0 Å². The van der Waals surface area contributed by atoms with Gasteiger partial charge in [0.2, 0.25) is 0 Å². The van der Waals surface area contributed by atoms with Gasteiger partial charge in [0.25, 0.3) is 0 Å². The highest BCUT2D eigenvalue weighted by molar-refractivity contribution is 7.90. The Bertz CT molecular complexity index is 583. The lowest BCUT2D eigenvalue weighted by Gasteiger charge is -2.19. The molecule has 0 aliphatic carbocycles. The molecule has 0 heterocycles. The molecule has 0 aliphatic rings. The number of halogens is 1. The Morgan fingerprint density at radius 2 is 1.95 bits per heavy atom. The van der Waals surface area contributed by atoms with Gasteiger partial charge in [0, 0.05) is 6.26 Å². The van der Waals surface area contributed by atoms with Gasteiger partial charge < -0.3 is 10.4 Å². The molecule has 19 heavy (non-hydrogen) atoms. The fourth-order valence-corrected chi connectivity index (χ4v) is 2.16. The van der Waals surface area contributed by atoms with Crippen molar-refractivity contribution in [2.45, 2.75) is 24.8 Å². The van der Waals surface area contributed by atoms with Crippen LogP contribution in [0.1, 0.15) is 13.8 Å². The van der Waals surface area contributed by atoms with E-state index in [0.717, 1.165) is 12.3 Å². The molecular weight excluding hydrogens is 273 g/mol. The normalized spacial score (nSPS) is 13.3. The first-order valence-electron chi connectivity index (χ1n) is 5.62. The fraction of sp³-hybridized carbons (Fsp3) is 0.417. The van der Waals surface area contributed by atoms with Gasteiger partial charge in [-0.15, -0.1) is 0 Å². The highest BCUT2D eigenvalue weighted by Gasteiger charge is 2.22. The van der Waals surface area contributed by atoms with Crippen molar-refractivity contribution in [1.29, 1.82) is 0 Å². The molecule has 1 aromatic carbocycles. The number of carbonyl (C=O) groups is 1. The summed E-state index contributed by atoms with van der Waals surface area (Å²) in [6, 6.07) is 2.39.